The van der Waals surface area contributed by atoms with Crippen LogP contribution in [0.2, 0.25) is 0 Å². The van der Waals surface area contributed by atoms with Crippen LogP contribution in [0.1, 0.15) is 41.5 Å². The van der Waals surface area contributed by atoms with Crippen LogP contribution in [-0.4, -0.2) is 22.6 Å². The first-order valence-corrected chi connectivity index (χ1v) is 10.8. The van der Waals surface area contributed by atoms with E-state index in [1.807, 2.05) is 18.2 Å². The Labute approximate surface area is 174 Å². The van der Waals surface area contributed by atoms with Crippen LogP contribution in [0.4, 0.5) is 0 Å². The molecule has 2 heterocycles. The molecule has 0 fully saturated rings. The van der Waals surface area contributed by atoms with Gasteiger partial charge in [-0.05, 0) is 40.6 Å². The van der Waals surface area contributed by atoms with Gasteiger partial charge in [-0.3, -0.25) is 0 Å². The summed E-state index contributed by atoms with van der Waals surface area (Å²) in [5.41, 5.74) is 4.90. The molecule has 5 heteroatoms. The Hall–Kier alpha value is -2.92. The van der Waals surface area contributed by atoms with Gasteiger partial charge in [-0.15, -0.1) is 11.3 Å². The second-order valence-corrected chi connectivity index (χ2v) is 7.96. The fourth-order valence-electron chi connectivity index (χ4n) is 3.60. The molecular weight excluding hydrogens is 380 g/mol. The van der Waals surface area contributed by atoms with E-state index in [4.69, 9.17) is 9.72 Å². The predicted octanol–water partition coefficient (Wildman–Crippen LogP) is 5.94. The molecule has 0 atom stereocenters. The van der Waals surface area contributed by atoms with Gasteiger partial charge in [-0.2, -0.15) is 0 Å². The molecule has 2 aromatic carbocycles. The lowest BCUT2D eigenvalue weighted by Crippen LogP contribution is -2.05. The summed E-state index contributed by atoms with van der Waals surface area (Å²) in [6.45, 7) is 3.01. The number of carbonyl (C=O) groups is 1. The summed E-state index contributed by atoms with van der Waals surface area (Å²) in [5.74, 6) is 0.845. The number of carbonyl (C=O) groups excluding carboxylic acids is 1. The third-order valence-electron chi connectivity index (χ3n) is 5.15. The van der Waals surface area contributed by atoms with E-state index in [1.54, 1.807) is 17.4 Å². The standard InChI is InChI=1S/C24H24N2O2S/c1-3-4-9-22-25-23-21(14-15-29-23)26(22)16-17-10-12-18(13-11-17)19-7-5-6-8-20(19)24(27)28-2/h5-8,10-15H,3-4,9,16H2,1-2H3. The highest BCUT2D eigenvalue weighted by atomic mass is 32.1. The van der Waals surface area contributed by atoms with Crippen LogP contribution < -0.4 is 0 Å². The first-order chi connectivity index (χ1) is 14.2. The average molecular weight is 405 g/mol. The van der Waals surface area contributed by atoms with Crippen molar-refractivity contribution in [3.05, 3.63) is 76.9 Å². The number of aromatic nitrogens is 2. The highest BCUT2D eigenvalue weighted by molar-refractivity contribution is 7.16. The van der Waals surface area contributed by atoms with Gasteiger partial charge >= 0.3 is 5.97 Å². The molecule has 0 amide bonds. The molecule has 0 unspecified atom stereocenters. The third-order valence-corrected chi connectivity index (χ3v) is 5.95. The van der Waals surface area contributed by atoms with Crippen molar-refractivity contribution in [3.8, 4) is 11.1 Å². The van der Waals surface area contributed by atoms with E-state index in [1.165, 1.54) is 18.2 Å². The number of methoxy groups -OCH3 is 1. The number of nitrogens with zero attached hydrogens (tertiary/aromatic N) is 2. The number of fused-ring (bicyclic) bond motifs is 1. The minimum atomic E-state index is -0.316. The highest BCUT2D eigenvalue weighted by Crippen LogP contribution is 2.27. The number of hydrogen-bond donors (Lipinski definition) is 0. The molecule has 2 aromatic heterocycles. The van der Waals surface area contributed by atoms with Gasteiger partial charge in [0.1, 0.15) is 10.7 Å². The quantitative estimate of drug-likeness (QED) is 0.358. The van der Waals surface area contributed by atoms with Crippen LogP contribution >= 0.6 is 11.3 Å². The normalized spacial score (nSPS) is 11.1. The van der Waals surface area contributed by atoms with E-state index >= 15 is 0 Å². The molecule has 0 spiro atoms. The topological polar surface area (TPSA) is 44.1 Å². The van der Waals surface area contributed by atoms with Crippen LogP contribution in [-0.2, 0) is 17.7 Å². The molecule has 0 saturated heterocycles. The van der Waals surface area contributed by atoms with E-state index in [2.05, 4.69) is 47.2 Å². The molecule has 0 saturated carbocycles. The van der Waals surface area contributed by atoms with Crippen molar-refractivity contribution in [2.75, 3.05) is 7.11 Å². The van der Waals surface area contributed by atoms with Gasteiger partial charge in [-0.1, -0.05) is 55.8 Å². The van der Waals surface area contributed by atoms with Crippen molar-refractivity contribution in [2.24, 2.45) is 0 Å². The lowest BCUT2D eigenvalue weighted by Gasteiger charge is -2.11. The molecule has 0 radical (unpaired) electrons. The highest BCUT2D eigenvalue weighted by Gasteiger charge is 2.14. The summed E-state index contributed by atoms with van der Waals surface area (Å²) in [7, 11) is 1.41. The molecule has 0 N–H and O–H groups in total. The molecule has 0 aliphatic rings. The first-order valence-electron chi connectivity index (χ1n) is 9.90. The molecule has 4 nitrogen and oxygen atoms in total. The first kappa shape index (κ1) is 19.4. The van der Waals surface area contributed by atoms with E-state index in [0.717, 1.165) is 47.6 Å². The predicted molar refractivity (Wildman–Crippen MR) is 119 cm³/mol. The fraction of sp³-hybridized carbons (Fsp3) is 0.250. The minimum absolute atomic E-state index is 0.316. The number of benzene rings is 2. The smallest absolute Gasteiger partial charge is 0.338 e. The fourth-order valence-corrected chi connectivity index (χ4v) is 4.38. The Morgan fingerprint density at radius 3 is 2.66 bits per heavy atom. The SMILES string of the molecule is CCCCc1nc2sccc2n1Cc1ccc(-c2ccccc2C(=O)OC)cc1. The molecule has 4 rings (SSSR count). The van der Waals surface area contributed by atoms with Gasteiger partial charge in [0.2, 0.25) is 0 Å². The van der Waals surface area contributed by atoms with Gasteiger partial charge < -0.3 is 9.30 Å². The Kier molecular flexibility index (Phi) is 5.76. The van der Waals surface area contributed by atoms with Gasteiger partial charge in [0.05, 0.1) is 18.2 Å². The van der Waals surface area contributed by atoms with Gasteiger partial charge in [-0.25, -0.2) is 9.78 Å². The van der Waals surface area contributed by atoms with Gasteiger partial charge in [0, 0.05) is 13.0 Å². The second kappa shape index (κ2) is 8.62. The number of thiophene rings is 1. The molecule has 4 aromatic rings. The van der Waals surface area contributed by atoms with Crippen LogP contribution in [0.3, 0.4) is 0 Å². The number of imidazole rings is 1. The maximum Gasteiger partial charge on any atom is 0.338 e. The summed E-state index contributed by atoms with van der Waals surface area (Å²) in [5, 5.41) is 2.10. The number of aryl methyl sites for hydroxylation is 1. The van der Waals surface area contributed by atoms with Crippen molar-refractivity contribution in [1.82, 2.24) is 9.55 Å². The third kappa shape index (κ3) is 3.96. The zero-order valence-electron chi connectivity index (χ0n) is 16.7. The minimum Gasteiger partial charge on any atom is -0.465 e. The van der Waals surface area contributed by atoms with Crippen molar-refractivity contribution in [3.63, 3.8) is 0 Å². The summed E-state index contributed by atoms with van der Waals surface area (Å²) in [6.07, 6.45) is 3.31. The largest absolute Gasteiger partial charge is 0.465 e. The number of ether oxygens (including phenoxy) is 1. The molecular formula is C24H24N2O2S. The summed E-state index contributed by atoms with van der Waals surface area (Å²) < 4.78 is 7.25. The van der Waals surface area contributed by atoms with Crippen LogP contribution in [0, 0.1) is 0 Å². The Morgan fingerprint density at radius 1 is 1.10 bits per heavy atom. The number of rotatable bonds is 7. The molecule has 148 valence electrons. The zero-order chi connectivity index (χ0) is 20.2. The second-order valence-electron chi connectivity index (χ2n) is 7.06. The molecule has 0 bridgehead atoms. The summed E-state index contributed by atoms with van der Waals surface area (Å²) in [6, 6.07) is 18.1. The lowest BCUT2D eigenvalue weighted by molar-refractivity contribution is 0.0601. The molecule has 0 aliphatic heterocycles. The number of hydrogen-bond acceptors (Lipinski definition) is 4. The van der Waals surface area contributed by atoms with Crippen LogP contribution in [0.15, 0.2) is 60.0 Å². The van der Waals surface area contributed by atoms with Crippen LogP contribution in [0.25, 0.3) is 21.5 Å². The van der Waals surface area contributed by atoms with Gasteiger partial charge in [0.15, 0.2) is 0 Å². The monoisotopic (exact) mass is 404 g/mol. The van der Waals surface area contributed by atoms with E-state index in [9.17, 15) is 4.79 Å². The average Bonchev–Trinajstić information content (AvgIpc) is 3.34. The maximum absolute atomic E-state index is 12.1. The van der Waals surface area contributed by atoms with Crippen molar-refractivity contribution < 1.29 is 9.53 Å². The Morgan fingerprint density at radius 2 is 1.90 bits per heavy atom. The molecule has 0 aliphatic carbocycles. The Bertz CT molecular complexity index is 1130. The number of unbranched alkanes of at least 4 members (excludes halogenated alkanes) is 1. The zero-order valence-corrected chi connectivity index (χ0v) is 17.5. The van der Waals surface area contributed by atoms with Crippen molar-refractivity contribution >= 4 is 27.7 Å². The van der Waals surface area contributed by atoms with E-state index in [0.29, 0.717) is 5.56 Å². The van der Waals surface area contributed by atoms with E-state index < -0.39 is 0 Å². The summed E-state index contributed by atoms with van der Waals surface area (Å²) >= 11 is 1.70. The van der Waals surface area contributed by atoms with Crippen molar-refractivity contribution in [2.45, 2.75) is 32.7 Å². The van der Waals surface area contributed by atoms with Crippen LogP contribution in [0.5, 0.6) is 0 Å². The molecule has 29 heavy (non-hydrogen) atoms. The summed E-state index contributed by atoms with van der Waals surface area (Å²) in [4.78, 5) is 18.0. The van der Waals surface area contributed by atoms with E-state index in [-0.39, 0.29) is 5.97 Å². The van der Waals surface area contributed by atoms with Crippen molar-refractivity contribution in [1.29, 1.82) is 0 Å². The lowest BCUT2D eigenvalue weighted by atomic mass is 9.98. The van der Waals surface area contributed by atoms with Gasteiger partial charge in [0.25, 0.3) is 0 Å². The Balaban J connectivity index is 1.63. The number of esters is 1. The maximum atomic E-state index is 12.1.